The number of ether oxygens (including phenoxy) is 1. The first-order valence-electron chi connectivity index (χ1n) is 7.06. The number of carbonyl (C=O) groups is 1. The number of rotatable bonds is 6. The number of nitrogens with one attached hydrogen (secondary N) is 1. The topological polar surface area (TPSA) is 59.4 Å². The molecule has 2 atom stereocenters. The molecule has 6 heteroatoms. The van der Waals surface area contributed by atoms with E-state index >= 15 is 0 Å². The van der Waals surface area contributed by atoms with Crippen LogP contribution in [0.4, 0.5) is 0 Å². The molecule has 1 aromatic rings. The monoisotopic (exact) mass is 280 g/mol. The molecule has 0 radical (unpaired) electrons. The van der Waals surface area contributed by atoms with E-state index in [9.17, 15) is 4.79 Å². The Morgan fingerprint density at radius 1 is 1.60 bits per heavy atom. The highest BCUT2D eigenvalue weighted by atomic mass is 16.5. The smallest absolute Gasteiger partial charge is 0.189 e. The van der Waals surface area contributed by atoms with Gasteiger partial charge >= 0.3 is 0 Å². The van der Waals surface area contributed by atoms with E-state index in [2.05, 4.69) is 22.2 Å². The molecule has 0 aliphatic carbocycles. The zero-order valence-corrected chi connectivity index (χ0v) is 12.7. The summed E-state index contributed by atoms with van der Waals surface area (Å²) in [6.07, 6.45) is 2.51. The quantitative estimate of drug-likeness (QED) is 0.775. The van der Waals surface area contributed by atoms with Crippen LogP contribution in [0.3, 0.4) is 0 Å². The average molecular weight is 280 g/mol. The van der Waals surface area contributed by atoms with Gasteiger partial charge in [0.25, 0.3) is 0 Å². The molecule has 1 aliphatic rings. The molecule has 6 nitrogen and oxygen atoms in total. The van der Waals surface area contributed by atoms with Gasteiger partial charge in [-0.15, -0.1) is 0 Å². The van der Waals surface area contributed by atoms with E-state index in [0.29, 0.717) is 18.0 Å². The molecule has 1 aliphatic heterocycles. The number of nitrogens with zero attached hydrogens (tertiary/aromatic N) is 3. The van der Waals surface area contributed by atoms with E-state index in [1.807, 2.05) is 14.1 Å². The van der Waals surface area contributed by atoms with Crippen LogP contribution in [0, 0.1) is 5.92 Å². The second-order valence-electron chi connectivity index (χ2n) is 5.59. The van der Waals surface area contributed by atoms with Crippen LogP contribution in [0.1, 0.15) is 23.8 Å². The lowest BCUT2D eigenvalue weighted by atomic mass is 9.94. The van der Waals surface area contributed by atoms with Crippen LogP contribution in [0.5, 0.6) is 5.75 Å². The third-order valence-electron chi connectivity index (χ3n) is 3.88. The lowest BCUT2D eigenvalue weighted by Gasteiger charge is -2.16. The maximum atomic E-state index is 12.8. The van der Waals surface area contributed by atoms with Crippen LogP contribution < -0.4 is 10.1 Å². The molecule has 0 spiro atoms. The van der Waals surface area contributed by atoms with E-state index in [-0.39, 0.29) is 17.7 Å². The van der Waals surface area contributed by atoms with Crippen molar-refractivity contribution < 1.29 is 9.53 Å². The SMILES string of the molecule is COc1cnn(CCN(C)C)c1C(=O)C1CCNC1C. The molecule has 0 aromatic carbocycles. The fourth-order valence-corrected chi connectivity index (χ4v) is 2.62. The van der Waals surface area contributed by atoms with Gasteiger partial charge < -0.3 is 15.0 Å². The van der Waals surface area contributed by atoms with Crippen LogP contribution in [0.15, 0.2) is 6.20 Å². The van der Waals surface area contributed by atoms with Gasteiger partial charge in [0.2, 0.25) is 0 Å². The van der Waals surface area contributed by atoms with Crippen LogP contribution in [0.2, 0.25) is 0 Å². The number of aromatic nitrogens is 2. The Morgan fingerprint density at radius 2 is 2.35 bits per heavy atom. The highest BCUT2D eigenvalue weighted by Gasteiger charge is 2.33. The summed E-state index contributed by atoms with van der Waals surface area (Å²) in [6, 6.07) is 0.212. The molecule has 1 saturated heterocycles. The summed E-state index contributed by atoms with van der Waals surface area (Å²) >= 11 is 0. The summed E-state index contributed by atoms with van der Waals surface area (Å²) < 4.78 is 7.08. The number of hydrogen-bond acceptors (Lipinski definition) is 5. The molecular weight excluding hydrogens is 256 g/mol. The fourth-order valence-electron chi connectivity index (χ4n) is 2.62. The predicted octanol–water partition coefficient (Wildman–Crippen LogP) is 0.634. The Balaban J connectivity index is 2.23. The molecule has 1 N–H and O–H groups in total. The van der Waals surface area contributed by atoms with Gasteiger partial charge in [0.15, 0.2) is 11.5 Å². The third kappa shape index (κ3) is 3.02. The first-order chi connectivity index (χ1) is 9.54. The van der Waals surface area contributed by atoms with Crippen molar-refractivity contribution in [3.05, 3.63) is 11.9 Å². The van der Waals surface area contributed by atoms with E-state index in [0.717, 1.165) is 19.5 Å². The minimum Gasteiger partial charge on any atom is -0.493 e. The molecule has 1 aromatic heterocycles. The van der Waals surface area contributed by atoms with Gasteiger partial charge in [-0.25, -0.2) is 0 Å². The van der Waals surface area contributed by atoms with Gasteiger partial charge in [-0.2, -0.15) is 5.10 Å². The van der Waals surface area contributed by atoms with Crippen molar-refractivity contribution in [3.63, 3.8) is 0 Å². The maximum Gasteiger partial charge on any atom is 0.189 e. The molecule has 20 heavy (non-hydrogen) atoms. The van der Waals surface area contributed by atoms with Crippen LogP contribution in [-0.4, -0.2) is 60.8 Å². The normalized spacial score (nSPS) is 22.4. The summed E-state index contributed by atoms with van der Waals surface area (Å²) in [7, 11) is 5.59. The Hall–Kier alpha value is -1.40. The molecule has 112 valence electrons. The molecule has 1 fully saturated rings. The van der Waals surface area contributed by atoms with Gasteiger partial charge in [-0.1, -0.05) is 0 Å². The van der Waals surface area contributed by atoms with Gasteiger partial charge in [0.1, 0.15) is 5.69 Å². The predicted molar refractivity (Wildman–Crippen MR) is 77.2 cm³/mol. The van der Waals surface area contributed by atoms with E-state index < -0.39 is 0 Å². The van der Waals surface area contributed by atoms with Crippen molar-refractivity contribution in [3.8, 4) is 5.75 Å². The Labute approximate surface area is 120 Å². The summed E-state index contributed by atoms with van der Waals surface area (Å²) in [4.78, 5) is 14.8. The van der Waals surface area contributed by atoms with Crippen LogP contribution >= 0.6 is 0 Å². The van der Waals surface area contributed by atoms with Gasteiger partial charge in [-0.05, 0) is 34.0 Å². The first kappa shape index (κ1) is 15.0. The van der Waals surface area contributed by atoms with Gasteiger partial charge in [-0.3, -0.25) is 9.48 Å². The van der Waals surface area contributed by atoms with Crippen molar-refractivity contribution in [2.24, 2.45) is 5.92 Å². The summed E-state index contributed by atoms with van der Waals surface area (Å²) in [5, 5.41) is 7.62. The zero-order chi connectivity index (χ0) is 14.7. The molecule has 0 amide bonds. The van der Waals surface area contributed by atoms with Crippen molar-refractivity contribution in [1.29, 1.82) is 0 Å². The largest absolute Gasteiger partial charge is 0.493 e. The molecule has 2 rings (SSSR count). The summed E-state index contributed by atoms with van der Waals surface area (Å²) in [6.45, 7) is 4.48. The second kappa shape index (κ2) is 6.37. The zero-order valence-electron chi connectivity index (χ0n) is 12.7. The number of hydrogen-bond donors (Lipinski definition) is 1. The number of Topliss-reactive ketones (excluding diaryl/α,β-unsaturated/α-hetero) is 1. The first-order valence-corrected chi connectivity index (χ1v) is 7.06. The van der Waals surface area contributed by atoms with Crippen molar-refractivity contribution in [2.75, 3.05) is 34.3 Å². The van der Waals surface area contributed by atoms with E-state index in [4.69, 9.17) is 4.74 Å². The average Bonchev–Trinajstić information content (AvgIpc) is 3.01. The third-order valence-corrected chi connectivity index (χ3v) is 3.88. The Morgan fingerprint density at radius 3 is 2.90 bits per heavy atom. The molecular formula is C14H24N4O2. The maximum absolute atomic E-state index is 12.8. The molecule has 0 bridgehead atoms. The number of carbonyl (C=O) groups excluding carboxylic acids is 1. The molecule has 2 heterocycles. The number of likely N-dealkylation sites (N-methyl/N-ethyl adjacent to an activating group) is 1. The van der Waals surface area contributed by atoms with Gasteiger partial charge in [0, 0.05) is 18.5 Å². The molecule has 0 saturated carbocycles. The fraction of sp³-hybridized carbons (Fsp3) is 0.714. The number of methoxy groups -OCH3 is 1. The highest BCUT2D eigenvalue weighted by Crippen LogP contribution is 2.26. The lowest BCUT2D eigenvalue weighted by Crippen LogP contribution is -2.30. The van der Waals surface area contributed by atoms with E-state index in [1.165, 1.54) is 0 Å². The minimum atomic E-state index is 0.0127. The van der Waals surface area contributed by atoms with Crippen molar-refractivity contribution in [1.82, 2.24) is 20.0 Å². The number of ketones is 1. The second-order valence-corrected chi connectivity index (χ2v) is 5.59. The van der Waals surface area contributed by atoms with Crippen molar-refractivity contribution in [2.45, 2.75) is 25.9 Å². The van der Waals surface area contributed by atoms with E-state index in [1.54, 1.807) is 18.0 Å². The lowest BCUT2D eigenvalue weighted by molar-refractivity contribution is 0.0898. The van der Waals surface area contributed by atoms with Crippen molar-refractivity contribution >= 4 is 5.78 Å². The molecule has 2 unspecified atom stereocenters. The summed E-state index contributed by atoms with van der Waals surface area (Å²) in [5.41, 5.74) is 0.606. The van der Waals surface area contributed by atoms with Gasteiger partial charge in [0.05, 0.1) is 19.9 Å². The minimum absolute atomic E-state index is 0.0127. The highest BCUT2D eigenvalue weighted by molar-refractivity contribution is 5.99. The Bertz CT molecular complexity index is 470. The summed E-state index contributed by atoms with van der Waals surface area (Å²) in [5.74, 6) is 0.724. The Kier molecular flexibility index (Phi) is 4.77. The van der Waals surface area contributed by atoms with Crippen LogP contribution in [0.25, 0.3) is 0 Å². The van der Waals surface area contributed by atoms with Crippen LogP contribution in [-0.2, 0) is 6.54 Å². The standard InChI is InChI=1S/C14H24N4O2/c1-10-11(5-6-15-10)14(19)13-12(20-4)9-16-18(13)8-7-17(2)3/h9-11,15H,5-8H2,1-4H3.